The third-order valence-corrected chi connectivity index (χ3v) is 3.98. The molecule has 3 rings (SSSR count). The van der Waals surface area contributed by atoms with Gasteiger partial charge in [-0.25, -0.2) is 8.78 Å². The van der Waals surface area contributed by atoms with Gasteiger partial charge in [0, 0.05) is 30.8 Å². The molecule has 0 fully saturated rings. The molecule has 1 aliphatic heterocycles. The fraction of sp³-hybridized carbons (Fsp3) is 0.250. The van der Waals surface area contributed by atoms with E-state index in [9.17, 15) is 13.6 Å². The van der Waals surface area contributed by atoms with Crippen LogP contribution in [0.25, 0.3) is 0 Å². The monoisotopic (exact) mass is 303 g/mol. The van der Waals surface area contributed by atoms with E-state index in [1.807, 2.05) is 0 Å². The molecule has 2 unspecified atom stereocenters. The highest BCUT2D eigenvalue weighted by Gasteiger charge is 2.36. The molecule has 2 aromatic rings. The van der Waals surface area contributed by atoms with E-state index >= 15 is 0 Å². The summed E-state index contributed by atoms with van der Waals surface area (Å²) in [6.45, 7) is 1.67. The van der Waals surface area contributed by atoms with Crippen LogP contribution in [0.15, 0.2) is 42.7 Å². The Labute approximate surface area is 126 Å². The van der Waals surface area contributed by atoms with E-state index in [0.29, 0.717) is 5.82 Å². The number of aromatic nitrogens is 2. The van der Waals surface area contributed by atoms with E-state index in [2.05, 4.69) is 5.10 Å². The van der Waals surface area contributed by atoms with Crippen LogP contribution in [0.5, 0.6) is 0 Å². The van der Waals surface area contributed by atoms with Gasteiger partial charge in [0.25, 0.3) is 0 Å². The predicted molar refractivity (Wildman–Crippen MR) is 78.1 cm³/mol. The number of rotatable bonds is 2. The Morgan fingerprint density at radius 2 is 1.86 bits per heavy atom. The van der Waals surface area contributed by atoms with Crippen LogP contribution < -0.4 is 4.90 Å². The molecule has 0 saturated carbocycles. The molecule has 1 aliphatic rings. The van der Waals surface area contributed by atoms with Gasteiger partial charge in [0.1, 0.15) is 17.5 Å². The van der Waals surface area contributed by atoms with Crippen molar-refractivity contribution in [1.82, 2.24) is 9.78 Å². The fourth-order valence-corrected chi connectivity index (χ4v) is 2.82. The topological polar surface area (TPSA) is 38.1 Å². The number of allylic oxidation sites excluding steroid dienone is 1. The van der Waals surface area contributed by atoms with Gasteiger partial charge in [-0.1, -0.05) is 13.0 Å². The second kappa shape index (κ2) is 5.36. The summed E-state index contributed by atoms with van der Waals surface area (Å²) < 4.78 is 30.0. The SMILES string of the molecule is CC1C(=O)C=CN(c2ccnn2C)C1c1c(F)cccc1F. The van der Waals surface area contributed by atoms with E-state index in [-0.39, 0.29) is 11.3 Å². The van der Waals surface area contributed by atoms with Gasteiger partial charge in [-0.15, -0.1) is 0 Å². The maximum atomic E-state index is 14.2. The molecule has 0 aliphatic carbocycles. The molecular formula is C16H15F2N3O. The Morgan fingerprint density at radius 3 is 2.45 bits per heavy atom. The van der Waals surface area contributed by atoms with Crippen molar-refractivity contribution in [3.05, 3.63) is 59.9 Å². The molecule has 0 bridgehead atoms. The fourth-order valence-electron chi connectivity index (χ4n) is 2.82. The number of nitrogens with zero attached hydrogens (tertiary/aromatic N) is 3. The molecule has 1 aromatic heterocycles. The van der Waals surface area contributed by atoms with Crippen molar-refractivity contribution in [3.63, 3.8) is 0 Å². The van der Waals surface area contributed by atoms with Crippen molar-refractivity contribution < 1.29 is 13.6 Å². The zero-order chi connectivity index (χ0) is 15.9. The second-order valence-electron chi connectivity index (χ2n) is 5.31. The van der Waals surface area contributed by atoms with Crippen molar-refractivity contribution in [2.45, 2.75) is 13.0 Å². The van der Waals surface area contributed by atoms with E-state index < -0.39 is 23.6 Å². The van der Waals surface area contributed by atoms with Crippen LogP contribution in [0.2, 0.25) is 0 Å². The number of carbonyl (C=O) groups excluding carboxylic acids is 1. The Balaban J connectivity index is 2.18. The summed E-state index contributed by atoms with van der Waals surface area (Å²) in [6, 6.07) is 4.70. The molecule has 0 radical (unpaired) electrons. The van der Waals surface area contributed by atoms with E-state index in [0.717, 1.165) is 0 Å². The Kier molecular flexibility index (Phi) is 3.52. The lowest BCUT2D eigenvalue weighted by Gasteiger charge is -2.37. The Hall–Kier alpha value is -2.50. The summed E-state index contributed by atoms with van der Waals surface area (Å²) in [5.74, 6) is -1.40. The van der Waals surface area contributed by atoms with E-state index in [4.69, 9.17) is 0 Å². The highest BCUT2D eigenvalue weighted by atomic mass is 19.1. The van der Waals surface area contributed by atoms with Gasteiger partial charge in [-0.3, -0.25) is 9.48 Å². The number of ketones is 1. The first kappa shape index (κ1) is 14.4. The summed E-state index contributed by atoms with van der Waals surface area (Å²) in [5.41, 5.74) is -0.103. The highest BCUT2D eigenvalue weighted by molar-refractivity contribution is 5.94. The van der Waals surface area contributed by atoms with Gasteiger partial charge in [-0.05, 0) is 18.2 Å². The molecule has 4 nitrogen and oxygen atoms in total. The lowest BCUT2D eigenvalue weighted by Crippen LogP contribution is -2.37. The molecule has 2 heterocycles. The standard InChI is InChI=1S/C16H15F2N3O/c1-10-13(22)7-9-21(14-6-8-19-20(14)2)16(10)15-11(17)4-3-5-12(15)18/h3-10,16H,1-2H3. The van der Waals surface area contributed by atoms with Crippen LogP contribution in [0.4, 0.5) is 14.6 Å². The van der Waals surface area contributed by atoms with Crippen LogP contribution in [0.1, 0.15) is 18.5 Å². The van der Waals surface area contributed by atoms with Gasteiger partial charge < -0.3 is 4.90 Å². The second-order valence-corrected chi connectivity index (χ2v) is 5.31. The number of halogens is 2. The third-order valence-electron chi connectivity index (χ3n) is 3.98. The lowest BCUT2D eigenvalue weighted by molar-refractivity contribution is -0.118. The normalized spacial score (nSPS) is 21.5. The van der Waals surface area contributed by atoms with Gasteiger partial charge >= 0.3 is 0 Å². The smallest absolute Gasteiger partial charge is 0.162 e. The van der Waals surface area contributed by atoms with Gasteiger partial charge in [0.15, 0.2) is 5.78 Å². The summed E-state index contributed by atoms with van der Waals surface area (Å²) >= 11 is 0. The van der Waals surface area contributed by atoms with Crippen LogP contribution in [-0.4, -0.2) is 15.6 Å². The molecule has 0 amide bonds. The predicted octanol–water partition coefficient (Wildman–Crippen LogP) is 2.98. The number of hydrogen-bond donors (Lipinski definition) is 0. The number of anilines is 1. The van der Waals surface area contributed by atoms with E-state index in [1.165, 1.54) is 24.3 Å². The Morgan fingerprint density at radius 1 is 1.18 bits per heavy atom. The molecule has 2 atom stereocenters. The molecule has 0 N–H and O–H groups in total. The minimum absolute atomic E-state index is 0.103. The average molecular weight is 303 g/mol. The quantitative estimate of drug-likeness (QED) is 0.856. The lowest BCUT2D eigenvalue weighted by atomic mass is 9.87. The van der Waals surface area contributed by atoms with Crippen LogP contribution >= 0.6 is 0 Å². The summed E-state index contributed by atoms with van der Waals surface area (Å²) in [7, 11) is 1.74. The molecule has 1 aromatic carbocycles. The maximum Gasteiger partial charge on any atom is 0.162 e. The Bertz CT molecular complexity index is 733. The molecular weight excluding hydrogens is 288 g/mol. The number of aryl methyl sites for hydroxylation is 1. The van der Waals surface area contributed by atoms with Crippen molar-refractivity contribution >= 4 is 11.6 Å². The average Bonchev–Trinajstić information content (AvgIpc) is 2.89. The van der Waals surface area contributed by atoms with Crippen molar-refractivity contribution in [1.29, 1.82) is 0 Å². The van der Waals surface area contributed by atoms with Gasteiger partial charge in [-0.2, -0.15) is 5.10 Å². The van der Waals surface area contributed by atoms with Crippen molar-refractivity contribution in [3.8, 4) is 0 Å². The van der Waals surface area contributed by atoms with Crippen LogP contribution in [-0.2, 0) is 11.8 Å². The van der Waals surface area contributed by atoms with Gasteiger partial charge in [0.2, 0.25) is 0 Å². The zero-order valence-electron chi connectivity index (χ0n) is 12.2. The van der Waals surface area contributed by atoms with Crippen molar-refractivity contribution in [2.24, 2.45) is 13.0 Å². The number of hydrogen-bond acceptors (Lipinski definition) is 3. The van der Waals surface area contributed by atoms with Gasteiger partial charge in [0.05, 0.1) is 12.2 Å². The number of carbonyl (C=O) groups is 1. The first-order valence-electron chi connectivity index (χ1n) is 6.93. The molecule has 6 heteroatoms. The molecule has 114 valence electrons. The highest BCUT2D eigenvalue weighted by Crippen LogP contribution is 2.38. The summed E-state index contributed by atoms with van der Waals surface area (Å²) in [5, 5.41) is 4.08. The minimum Gasteiger partial charge on any atom is -0.325 e. The summed E-state index contributed by atoms with van der Waals surface area (Å²) in [6.07, 6.45) is 4.57. The first-order chi connectivity index (χ1) is 10.5. The molecule has 0 spiro atoms. The maximum absolute atomic E-state index is 14.2. The first-order valence-corrected chi connectivity index (χ1v) is 6.93. The van der Waals surface area contributed by atoms with Crippen molar-refractivity contribution in [2.75, 3.05) is 4.90 Å². The zero-order valence-corrected chi connectivity index (χ0v) is 12.2. The summed E-state index contributed by atoms with van der Waals surface area (Å²) in [4.78, 5) is 13.7. The van der Waals surface area contributed by atoms with Crippen LogP contribution in [0, 0.1) is 17.6 Å². The largest absolute Gasteiger partial charge is 0.325 e. The van der Waals surface area contributed by atoms with Crippen LogP contribution in [0.3, 0.4) is 0 Å². The molecule has 0 saturated heterocycles. The third kappa shape index (κ3) is 2.20. The molecule has 22 heavy (non-hydrogen) atoms. The number of benzene rings is 1. The van der Waals surface area contributed by atoms with E-state index in [1.54, 1.807) is 42.0 Å². The minimum atomic E-state index is -0.755.